The van der Waals surface area contributed by atoms with Crippen LogP contribution in [0, 0.1) is 6.57 Å². The fourth-order valence-corrected chi connectivity index (χ4v) is 7.68. The molecule has 0 radical (unpaired) electrons. The predicted molar refractivity (Wildman–Crippen MR) is 251 cm³/mol. The Bertz CT molecular complexity index is 3160. The lowest BCUT2D eigenvalue weighted by Crippen LogP contribution is -2.02. The summed E-state index contributed by atoms with van der Waals surface area (Å²) >= 11 is 0. The van der Waals surface area contributed by atoms with Crippen molar-refractivity contribution in [3.05, 3.63) is 230 Å². The van der Waals surface area contributed by atoms with Gasteiger partial charge in [0, 0.05) is 33.4 Å². The second-order valence-corrected chi connectivity index (χ2v) is 14.8. The molecule has 0 aliphatic carbocycles. The van der Waals surface area contributed by atoms with Gasteiger partial charge in [0.05, 0.1) is 18.0 Å². The Balaban J connectivity index is 1.19. The van der Waals surface area contributed by atoms with E-state index in [0.717, 1.165) is 78.1 Å². The molecule has 6 heteroatoms. The third-order valence-corrected chi connectivity index (χ3v) is 10.8. The van der Waals surface area contributed by atoms with E-state index in [1.54, 1.807) is 0 Å². The maximum Gasteiger partial charge on any atom is 0.187 e. The Labute approximate surface area is 360 Å². The summed E-state index contributed by atoms with van der Waals surface area (Å²) in [6.45, 7) is 7.52. The van der Waals surface area contributed by atoms with Gasteiger partial charge in [-0.05, 0) is 51.6 Å². The zero-order valence-corrected chi connectivity index (χ0v) is 33.5. The minimum Gasteiger partial charge on any atom is -0.238 e. The van der Waals surface area contributed by atoms with E-state index >= 15 is 0 Å². The highest BCUT2D eigenvalue weighted by atomic mass is 15.0. The van der Waals surface area contributed by atoms with Crippen LogP contribution in [0.5, 0.6) is 0 Å². The molecule has 8 aromatic carbocycles. The first-order valence-electron chi connectivity index (χ1n) is 20.4. The topological polar surface area (TPSA) is 68.8 Å². The first-order valence-corrected chi connectivity index (χ1v) is 20.4. The summed E-state index contributed by atoms with van der Waals surface area (Å²) in [5.74, 6) is 2.32. The van der Waals surface area contributed by atoms with Gasteiger partial charge in [-0.15, -0.1) is 0 Å². The van der Waals surface area contributed by atoms with Gasteiger partial charge in [-0.1, -0.05) is 200 Å². The molecular formula is C56H36N6. The van der Waals surface area contributed by atoms with Crippen LogP contribution in [-0.4, -0.2) is 24.9 Å². The first-order chi connectivity index (χ1) is 30.7. The molecule has 290 valence electrons. The molecular weight excluding hydrogens is 757 g/mol. The van der Waals surface area contributed by atoms with Crippen LogP contribution in [0.15, 0.2) is 218 Å². The van der Waals surface area contributed by atoms with E-state index in [9.17, 15) is 0 Å². The average molecular weight is 793 g/mol. The molecule has 0 amide bonds. The third kappa shape index (κ3) is 7.78. The number of hydrogen-bond acceptors (Lipinski definition) is 5. The fourth-order valence-electron chi connectivity index (χ4n) is 7.68. The van der Waals surface area contributed by atoms with E-state index in [-0.39, 0.29) is 0 Å². The monoisotopic (exact) mass is 792 g/mol. The minimum atomic E-state index is 0.535. The standard InChI is InChI=1S/C56H36N6/c1-57-46-32-29-39(30-33-46)44-31-34-48(50(36-44)56-61-53(41-21-10-4-11-22-41)60-54(62-56)42-23-12-5-13-24-42)47-27-14-15-28-49(47)52-37-51(40-19-8-3-9-20-40)58-55(59-52)45-26-16-25-43(35-45)38-17-6-2-7-18-38/h2-37H. The van der Waals surface area contributed by atoms with E-state index in [1.807, 2.05) is 109 Å². The molecule has 0 spiro atoms. The lowest BCUT2D eigenvalue weighted by molar-refractivity contribution is 1.07. The lowest BCUT2D eigenvalue weighted by atomic mass is 9.90. The van der Waals surface area contributed by atoms with Crippen molar-refractivity contribution in [2.24, 2.45) is 0 Å². The highest BCUT2D eigenvalue weighted by Gasteiger charge is 2.21. The van der Waals surface area contributed by atoms with E-state index in [1.165, 1.54) is 0 Å². The Hall–Kier alpha value is -8.66. The van der Waals surface area contributed by atoms with Gasteiger partial charge in [0.15, 0.2) is 29.0 Å². The Morgan fingerprint density at radius 1 is 0.258 bits per heavy atom. The van der Waals surface area contributed by atoms with Crippen LogP contribution in [0.1, 0.15) is 0 Å². The van der Waals surface area contributed by atoms with Crippen molar-refractivity contribution in [3.63, 3.8) is 0 Å². The van der Waals surface area contributed by atoms with Crippen molar-refractivity contribution in [3.8, 4) is 101 Å². The number of aromatic nitrogens is 5. The van der Waals surface area contributed by atoms with Crippen LogP contribution in [0.2, 0.25) is 0 Å². The molecule has 0 unspecified atom stereocenters. The van der Waals surface area contributed by atoms with Gasteiger partial charge in [0.1, 0.15) is 0 Å². The molecule has 6 nitrogen and oxygen atoms in total. The molecule has 0 bridgehead atoms. The molecule has 0 fully saturated rings. The van der Waals surface area contributed by atoms with E-state index in [4.69, 9.17) is 31.5 Å². The van der Waals surface area contributed by atoms with Crippen LogP contribution in [-0.2, 0) is 0 Å². The van der Waals surface area contributed by atoms with E-state index in [2.05, 4.69) is 114 Å². The molecule has 0 atom stereocenters. The van der Waals surface area contributed by atoms with Crippen LogP contribution in [0.4, 0.5) is 5.69 Å². The minimum absolute atomic E-state index is 0.535. The number of benzene rings is 8. The highest BCUT2D eigenvalue weighted by molar-refractivity contribution is 5.93. The van der Waals surface area contributed by atoms with Gasteiger partial charge < -0.3 is 0 Å². The molecule has 0 aliphatic rings. The Morgan fingerprint density at radius 2 is 0.694 bits per heavy atom. The quantitative estimate of drug-likeness (QED) is 0.136. The van der Waals surface area contributed by atoms with Crippen molar-refractivity contribution >= 4 is 5.69 Å². The average Bonchev–Trinajstić information content (AvgIpc) is 3.37. The summed E-state index contributed by atoms with van der Waals surface area (Å²) in [5, 5.41) is 0. The SMILES string of the molecule is [C-]#[N+]c1ccc(-c2ccc(-c3ccccc3-c3cc(-c4ccccc4)nc(-c4cccc(-c5ccccc5)c4)n3)c(-c3nc(-c4ccccc4)nc(-c4ccccc4)n3)c2)cc1. The molecule has 0 N–H and O–H groups in total. The third-order valence-electron chi connectivity index (χ3n) is 10.8. The zero-order valence-electron chi connectivity index (χ0n) is 33.5. The predicted octanol–water partition coefficient (Wildman–Crippen LogP) is 14.2. The molecule has 0 saturated heterocycles. The van der Waals surface area contributed by atoms with Crippen molar-refractivity contribution in [1.29, 1.82) is 0 Å². The van der Waals surface area contributed by atoms with Gasteiger partial charge in [-0.3, -0.25) is 0 Å². The molecule has 62 heavy (non-hydrogen) atoms. The smallest absolute Gasteiger partial charge is 0.187 e. The molecule has 2 heterocycles. The first kappa shape index (κ1) is 37.6. The maximum atomic E-state index is 7.52. The van der Waals surface area contributed by atoms with Crippen LogP contribution >= 0.6 is 0 Å². The highest BCUT2D eigenvalue weighted by Crippen LogP contribution is 2.41. The van der Waals surface area contributed by atoms with Gasteiger partial charge >= 0.3 is 0 Å². The second kappa shape index (κ2) is 16.9. The summed E-state index contributed by atoms with van der Waals surface area (Å²) in [6.07, 6.45) is 0. The van der Waals surface area contributed by atoms with Gasteiger partial charge in [-0.25, -0.2) is 29.8 Å². The number of rotatable bonds is 9. The van der Waals surface area contributed by atoms with Gasteiger partial charge in [-0.2, -0.15) is 0 Å². The Kier molecular flexibility index (Phi) is 10.3. The molecule has 10 rings (SSSR count). The molecule has 2 aromatic heterocycles. The van der Waals surface area contributed by atoms with Crippen molar-refractivity contribution in [2.45, 2.75) is 0 Å². The molecule has 10 aromatic rings. The normalized spacial score (nSPS) is 10.9. The second-order valence-electron chi connectivity index (χ2n) is 14.8. The number of nitrogens with zero attached hydrogens (tertiary/aromatic N) is 6. The van der Waals surface area contributed by atoms with Crippen molar-refractivity contribution in [1.82, 2.24) is 24.9 Å². The fraction of sp³-hybridized carbons (Fsp3) is 0. The van der Waals surface area contributed by atoms with Crippen LogP contribution < -0.4 is 0 Å². The summed E-state index contributed by atoms with van der Waals surface area (Å²) < 4.78 is 0. The Morgan fingerprint density at radius 3 is 1.32 bits per heavy atom. The molecule has 0 aliphatic heterocycles. The summed E-state index contributed by atoms with van der Waals surface area (Å²) in [7, 11) is 0. The number of hydrogen-bond donors (Lipinski definition) is 0. The van der Waals surface area contributed by atoms with Gasteiger partial charge in [0.2, 0.25) is 0 Å². The maximum absolute atomic E-state index is 7.52. The van der Waals surface area contributed by atoms with Crippen molar-refractivity contribution in [2.75, 3.05) is 0 Å². The van der Waals surface area contributed by atoms with Crippen LogP contribution in [0.3, 0.4) is 0 Å². The van der Waals surface area contributed by atoms with E-state index in [0.29, 0.717) is 29.0 Å². The van der Waals surface area contributed by atoms with E-state index < -0.39 is 0 Å². The zero-order chi connectivity index (χ0) is 41.7. The molecule has 0 saturated carbocycles. The summed E-state index contributed by atoms with van der Waals surface area (Å²) in [6, 6.07) is 73.6. The van der Waals surface area contributed by atoms with Crippen molar-refractivity contribution < 1.29 is 0 Å². The van der Waals surface area contributed by atoms with Gasteiger partial charge in [0.25, 0.3) is 0 Å². The summed E-state index contributed by atoms with van der Waals surface area (Å²) in [4.78, 5) is 29.5. The summed E-state index contributed by atoms with van der Waals surface area (Å²) in [5.41, 5.74) is 13.7. The largest absolute Gasteiger partial charge is 0.238 e. The lowest BCUT2D eigenvalue weighted by Gasteiger charge is -2.17. The van der Waals surface area contributed by atoms with Crippen LogP contribution in [0.25, 0.3) is 106 Å².